The van der Waals surface area contributed by atoms with Crippen LogP contribution in [0.4, 0.5) is 0 Å². The number of pyridine rings is 1. The maximum atomic E-state index is 4.42. The third kappa shape index (κ3) is 2.07. The summed E-state index contributed by atoms with van der Waals surface area (Å²) in [4.78, 5) is 4.42. The minimum atomic E-state index is 0.786. The average Bonchev–Trinajstić information content (AvgIpc) is 2.61. The lowest BCUT2D eigenvalue weighted by molar-refractivity contribution is -0.669. The van der Waals surface area contributed by atoms with E-state index < -0.39 is 0 Å². The van der Waals surface area contributed by atoms with Crippen LogP contribution >= 0.6 is 0 Å². The molecule has 0 unspecified atom stereocenters. The molecular formula is C11H17N2+. The summed E-state index contributed by atoms with van der Waals surface area (Å²) in [5, 5.41) is 2.45. The van der Waals surface area contributed by atoms with Gasteiger partial charge in [0.1, 0.15) is 0 Å². The van der Waals surface area contributed by atoms with E-state index in [1.54, 1.807) is 0 Å². The van der Waals surface area contributed by atoms with E-state index in [1.165, 1.54) is 30.6 Å². The van der Waals surface area contributed by atoms with Crippen LogP contribution in [0.25, 0.3) is 0 Å². The second-order valence-electron chi connectivity index (χ2n) is 3.90. The van der Waals surface area contributed by atoms with Crippen molar-refractivity contribution < 1.29 is 5.32 Å². The van der Waals surface area contributed by atoms with Crippen LogP contribution in [-0.4, -0.2) is 17.6 Å². The molecule has 0 amide bonds. The van der Waals surface area contributed by atoms with Gasteiger partial charge in [-0.25, -0.2) is 0 Å². The number of hydrogen-bond acceptors (Lipinski definition) is 1. The summed E-state index contributed by atoms with van der Waals surface area (Å²) in [5.74, 6) is 0. The number of aryl methyl sites for hydroxylation is 1. The van der Waals surface area contributed by atoms with Crippen LogP contribution in [0.3, 0.4) is 0 Å². The Hall–Kier alpha value is -0.890. The van der Waals surface area contributed by atoms with Crippen LogP contribution in [0.2, 0.25) is 0 Å². The molecule has 0 bridgehead atoms. The van der Waals surface area contributed by atoms with Gasteiger partial charge in [-0.05, 0) is 18.6 Å². The molecule has 70 valence electrons. The van der Waals surface area contributed by atoms with Gasteiger partial charge in [0.2, 0.25) is 0 Å². The lowest BCUT2D eigenvalue weighted by Gasteiger charge is -2.07. The fourth-order valence-electron chi connectivity index (χ4n) is 2.02. The number of nitrogens with two attached hydrogens (primary N) is 1. The van der Waals surface area contributed by atoms with Crippen LogP contribution in [0, 0.1) is 6.92 Å². The predicted molar refractivity (Wildman–Crippen MR) is 52.5 cm³/mol. The smallest absolute Gasteiger partial charge is 0.0917 e. The zero-order chi connectivity index (χ0) is 9.10. The molecule has 2 rings (SSSR count). The van der Waals surface area contributed by atoms with Crippen molar-refractivity contribution in [2.75, 3.05) is 6.54 Å². The number of hydrogen-bond donors (Lipinski definition) is 1. The molecule has 1 fully saturated rings. The Morgan fingerprint density at radius 1 is 1.62 bits per heavy atom. The first-order valence-corrected chi connectivity index (χ1v) is 5.10. The second-order valence-corrected chi connectivity index (χ2v) is 3.90. The van der Waals surface area contributed by atoms with Gasteiger partial charge in [0.05, 0.1) is 12.6 Å². The molecule has 2 nitrogen and oxygen atoms in total. The molecule has 1 saturated heterocycles. The molecule has 1 aromatic heterocycles. The van der Waals surface area contributed by atoms with E-state index in [9.17, 15) is 0 Å². The van der Waals surface area contributed by atoms with Crippen molar-refractivity contribution in [3.8, 4) is 0 Å². The third-order valence-corrected chi connectivity index (χ3v) is 2.85. The maximum Gasteiger partial charge on any atom is 0.0917 e. The summed E-state index contributed by atoms with van der Waals surface area (Å²) in [6, 6.07) is 4.95. The highest BCUT2D eigenvalue weighted by atomic mass is 14.9. The van der Waals surface area contributed by atoms with Crippen molar-refractivity contribution in [2.45, 2.75) is 32.2 Å². The second kappa shape index (κ2) is 3.88. The Morgan fingerprint density at radius 3 is 3.23 bits per heavy atom. The largest absolute Gasteiger partial charge is 0.343 e. The molecule has 2 N–H and O–H groups in total. The van der Waals surface area contributed by atoms with Gasteiger partial charge < -0.3 is 5.32 Å². The van der Waals surface area contributed by atoms with Gasteiger partial charge in [-0.3, -0.25) is 4.98 Å². The van der Waals surface area contributed by atoms with Gasteiger partial charge in [0, 0.05) is 31.2 Å². The first kappa shape index (κ1) is 8.70. The summed E-state index contributed by atoms with van der Waals surface area (Å²) in [6.45, 7) is 3.45. The summed E-state index contributed by atoms with van der Waals surface area (Å²) in [7, 11) is 0. The van der Waals surface area contributed by atoms with Crippen molar-refractivity contribution in [3.63, 3.8) is 0 Å². The van der Waals surface area contributed by atoms with E-state index >= 15 is 0 Å². The molecular weight excluding hydrogens is 160 g/mol. The first-order chi connectivity index (χ1) is 6.36. The molecule has 13 heavy (non-hydrogen) atoms. The maximum absolute atomic E-state index is 4.42. The molecule has 1 aromatic rings. The average molecular weight is 177 g/mol. The number of rotatable bonds is 2. The quantitative estimate of drug-likeness (QED) is 0.706. The molecule has 1 aliphatic rings. The Balaban J connectivity index is 2.04. The van der Waals surface area contributed by atoms with E-state index in [4.69, 9.17) is 0 Å². The summed E-state index contributed by atoms with van der Waals surface area (Å²) in [6.07, 6.45) is 5.77. The number of quaternary nitrogens is 1. The van der Waals surface area contributed by atoms with Crippen LogP contribution in [0.1, 0.15) is 24.1 Å². The molecule has 2 heteroatoms. The van der Waals surface area contributed by atoms with E-state index in [1.807, 2.05) is 12.3 Å². The van der Waals surface area contributed by atoms with E-state index in [-0.39, 0.29) is 0 Å². The minimum absolute atomic E-state index is 0.786. The van der Waals surface area contributed by atoms with Gasteiger partial charge in [0.25, 0.3) is 0 Å². The van der Waals surface area contributed by atoms with Crippen LogP contribution < -0.4 is 5.32 Å². The lowest BCUT2D eigenvalue weighted by Crippen LogP contribution is -2.87. The summed E-state index contributed by atoms with van der Waals surface area (Å²) < 4.78 is 0. The standard InChI is InChI=1S/C11H16N2/c1-9-4-2-7-13-11(9)8-10-5-3-6-12-10/h2,4,7,10,12H,3,5-6,8H2,1H3/p+1/t10-/m1/s1. The van der Waals surface area contributed by atoms with Crippen molar-refractivity contribution in [2.24, 2.45) is 0 Å². The van der Waals surface area contributed by atoms with Gasteiger partial charge in [-0.2, -0.15) is 0 Å². The molecule has 0 aromatic carbocycles. The van der Waals surface area contributed by atoms with Gasteiger partial charge in [-0.15, -0.1) is 0 Å². The highest BCUT2D eigenvalue weighted by Crippen LogP contribution is 2.08. The molecule has 2 heterocycles. The normalized spacial score (nSPS) is 22.1. The molecule has 0 aliphatic carbocycles. The van der Waals surface area contributed by atoms with Gasteiger partial charge >= 0.3 is 0 Å². The summed E-state index contributed by atoms with van der Waals surface area (Å²) in [5.41, 5.74) is 2.62. The monoisotopic (exact) mass is 177 g/mol. The van der Waals surface area contributed by atoms with Crippen LogP contribution in [0.5, 0.6) is 0 Å². The Morgan fingerprint density at radius 2 is 2.54 bits per heavy atom. The molecule has 0 saturated carbocycles. The van der Waals surface area contributed by atoms with Crippen molar-refractivity contribution in [1.82, 2.24) is 4.98 Å². The molecule has 1 aliphatic heterocycles. The van der Waals surface area contributed by atoms with Crippen molar-refractivity contribution >= 4 is 0 Å². The number of aromatic nitrogens is 1. The SMILES string of the molecule is Cc1cccnc1C[C@H]1CCC[NH2+]1. The fraction of sp³-hybridized carbons (Fsp3) is 0.545. The van der Waals surface area contributed by atoms with E-state index in [0.29, 0.717) is 0 Å². The zero-order valence-electron chi connectivity index (χ0n) is 8.16. The number of nitrogens with zero attached hydrogens (tertiary/aromatic N) is 1. The molecule has 0 spiro atoms. The fourth-order valence-corrected chi connectivity index (χ4v) is 2.02. The topological polar surface area (TPSA) is 29.5 Å². The zero-order valence-corrected chi connectivity index (χ0v) is 8.16. The Kier molecular flexibility index (Phi) is 2.60. The first-order valence-electron chi connectivity index (χ1n) is 5.10. The minimum Gasteiger partial charge on any atom is -0.343 e. The van der Waals surface area contributed by atoms with Crippen molar-refractivity contribution in [3.05, 3.63) is 29.6 Å². The third-order valence-electron chi connectivity index (χ3n) is 2.85. The van der Waals surface area contributed by atoms with Gasteiger partial charge in [-0.1, -0.05) is 6.07 Å². The molecule has 0 radical (unpaired) electrons. The molecule has 1 atom stereocenters. The van der Waals surface area contributed by atoms with E-state index in [0.717, 1.165) is 12.5 Å². The van der Waals surface area contributed by atoms with Gasteiger partial charge in [0.15, 0.2) is 0 Å². The highest BCUT2D eigenvalue weighted by molar-refractivity contribution is 5.18. The van der Waals surface area contributed by atoms with Crippen LogP contribution in [-0.2, 0) is 6.42 Å². The highest BCUT2D eigenvalue weighted by Gasteiger charge is 2.19. The predicted octanol–water partition coefficient (Wildman–Crippen LogP) is 0.658. The van der Waals surface area contributed by atoms with E-state index in [2.05, 4.69) is 23.3 Å². The van der Waals surface area contributed by atoms with Crippen LogP contribution in [0.15, 0.2) is 18.3 Å². The van der Waals surface area contributed by atoms with Crippen molar-refractivity contribution in [1.29, 1.82) is 0 Å². The summed E-state index contributed by atoms with van der Waals surface area (Å²) >= 11 is 0. The Bertz CT molecular complexity index is 277. The lowest BCUT2D eigenvalue weighted by atomic mass is 10.1. The Labute approximate surface area is 79.4 Å².